The van der Waals surface area contributed by atoms with Crippen molar-refractivity contribution in [2.45, 2.75) is 69.9 Å². The molecule has 30 heavy (non-hydrogen) atoms. The predicted octanol–water partition coefficient (Wildman–Crippen LogP) is 3.76. The fourth-order valence-corrected chi connectivity index (χ4v) is 6.45. The van der Waals surface area contributed by atoms with Crippen LogP contribution < -0.4 is 5.32 Å². The number of rotatable bonds is 6. The number of hydrogen-bond acceptors (Lipinski definition) is 3. The van der Waals surface area contributed by atoms with Gasteiger partial charge in [0.2, 0.25) is 15.9 Å². The highest BCUT2D eigenvalue weighted by Gasteiger charge is 2.29. The highest BCUT2D eigenvalue weighted by molar-refractivity contribution is 7.89. The Balaban J connectivity index is 1.41. The van der Waals surface area contributed by atoms with E-state index < -0.39 is 10.0 Å². The summed E-state index contributed by atoms with van der Waals surface area (Å²) in [7, 11) is -3.41. The second kappa shape index (κ2) is 8.71. The lowest BCUT2D eigenvalue weighted by Gasteiger charge is -2.34. The average Bonchev–Trinajstić information content (AvgIpc) is 3.40. The molecule has 3 atom stereocenters. The summed E-state index contributed by atoms with van der Waals surface area (Å²) in [5.41, 5.74) is 0.961. The normalized spacial score (nSPS) is 25.6. The van der Waals surface area contributed by atoms with Gasteiger partial charge in [0.15, 0.2) is 0 Å². The van der Waals surface area contributed by atoms with Crippen molar-refractivity contribution in [1.82, 2.24) is 14.2 Å². The summed E-state index contributed by atoms with van der Waals surface area (Å²) in [4.78, 5) is 12.9. The second-order valence-corrected chi connectivity index (χ2v) is 11.0. The van der Waals surface area contributed by atoms with Gasteiger partial charge in [0, 0.05) is 49.2 Å². The average molecular weight is 432 g/mol. The Labute approximate surface area is 179 Å². The van der Waals surface area contributed by atoms with Gasteiger partial charge in [-0.3, -0.25) is 4.79 Å². The molecule has 1 saturated carbocycles. The van der Waals surface area contributed by atoms with Crippen molar-refractivity contribution in [3.63, 3.8) is 0 Å². The zero-order valence-electron chi connectivity index (χ0n) is 18.0. The summed E-state index contributed by atoms with van der Waals surface area (Å²) in [6.07, 6.45) is 7.72. The van der Waals surface area contributed by atoms with Crippen molar-refractivity contribution >= 4 is 26.8 Å². The molecule has 1 aliphatic heterocycles. The van der Waals surface area contributed by atoms with E-state index in [-0.39, 0.29) is 11.9 Å². The molecular formula is C23H33N3O3S. The van der Waals surface area contributed by atoms with Crippen LogP contribution in [0.4, 0.5) is 0 Å². The van der Waals surface area contributed by atoms with Crippen LogP contribution in [0, 0.1) is 11.8 Å². The summed E-state index contributed by atoms with van der Waals surface area (Å²) in [6, 6.07) is 7.52. The van der Waals surface area contributed by atoms with E-state index in [4.69, 9.17) is 0 Å². The molecule has 1 saturated heterocycles. The number of fused-ring (bicyclic) bond motifs is 1. The van der Waals surface area contributed by atoms with E-state index in [0.29, 0.717) is 42.8 Å². The number of aromatic nitrogens is 1. The van der Waals surface area contributed by atoms with Gasteiger partial charge in [-0.05, 0) is 55.4 Å². The second-order valence-electron chi connectivity index (χ2n) is 9.03. The van der Waals surface area contributed by atoms with Crippen molar-refractivity contribution in [1.29, 1.82) is 0 Å². The number of nitrogens with zero attached hydrogens (tertiary/aromatic N) is 2. The summed E-state index contributed by atoms with van der Waals surface area (Å²) in [5.74, 6) is 1.27. The third kappa shape index (κ3) is 4.28. The van der Waals surface area contributed by atoms with Crippen molar-refractivity contribution in [3.05, 3.63) is 30.5 Å². The topological polar surface area (TPSA) is 71.4 Å². The number of sulfonamides is 1. The molecule has 0 bridgehead atoms. The van der Waals surface area contributed by atoms with Crippen LogP contribution in [0.15, 0.2) is 35.4 Å². The maximum atomic E-state index is 12.8. The lowest BCUT2D eigenvalue weighted by Crippen LogP contribution is -2.43. The lowest BCUT2D eigenvalue weighted by atomic mass is 9.78. The van der Waals surface area contributed by atoms with E-state index in [0.717, 1.165) is 30.2 Å². The third-order valence-corrected chi connectivity index (χ3v) is 8.97. The number of amides is 1. The smallest absolute Gasteiger partial charge is 0.243 e. The van der Waals surface area contributed by atoms with Gasteiger partial charge in [0.25, 0.3) is 0 Å². The monoisotopic (exact) mass is 431 g/mol. The van der Waals surface area contributed by atoms with Gasteiger partial charge >= 0.3 is 0 Å². The Morgan fingerprint density at radius 1 is 1.10 bits per heavy atom. The van der Waals surface area contributed by atoms with Crippen LogP contribution in [0.1, 0.15) is 52.4 Å². The molecule has 2 heterocycles. The van der Waals surface area contributed by atoms with Gasteiger partial charge in [-0.1, -0.05) is 26.7 Å². The van der Waals surface area contributed by atoms with Gasteiger partial charge in [-0.2, -0.15) is 4.31 Å². The molecule has 1 N–H and O–H groups in total. The van der Waals surface area contributed by atoms with E-state index in [1.54, 1.807) is 16.4 Å². The fraction of sp³-hybridized carbons (Fsp3) is 0.609. The minimum Gasteiger partial charge on any atom is -0.353 e. The molecule has 0 spiro atoms. The number of aryl methyl sites for hydroxylation is 1. The van der Waals surface area contributed by atoms with Crippen LogP contribution in [0.3, 0.4) is 0 Å². The van der Waals surface area contributed by atoms with E-state index >= 15 is 0 Å². The Hall–Kier alpha value is -1.86. The Kier molecular flexibility index (Phi) is 6.21. The van der Waals surface area contributed by atoms with Gasteiger partial charge in [0.1, 0.15) is 0 Å². The molecular weight excluding hydrogens is 398 g/mol. The minimum atomic E-state index is -3.41. The lowest BCUT2D eigenvalue weighted by molar-refractivity contribution is -0.122. The van der Waals surface area contributed by atoms with Gasteiger partial charge < -0.3 is 9.88 Å². The molecule has 2 fully saturated rings. The maximum Gasteiger partial charge on any atom is 0.243 e. The molecule has 2 aliphatic rings. The van der Waals surface area contributed by atoms with Crippen molar-refractivity contribution in [3.8, 4) is 0 Å². The molecule has 1 aromatic heterocycles. The summed E-state index contributed by atoms with van der Waals surface area (Å²) >= 11 is 0. The van der Waals surface area contributed by atoms with Crippen LogP contribution >= 0.6 is 0 Å². The van der Waals surface area contributed by atoms with Crippen molar-refractivity contribution in [2.24, 2.45) is 11.8 Å². The quantitative estimate of drug-likeness (QED) is 0.757. The first kappa shape index (κ1) is 21.4. The number of benzene rings is 1. The number of hydrogen-bond donors (Lipinski definition) is 1. The van der Waals surface area contributed by atoms with Crippen LogP contribution in [0.5, 0.6) is 0 Å². The van der Waals surface area contributed by atoms with E-state index in [2.05, 4.69) is 19.2 Å². The molecule has 1 aliphatic carbocycles. The third-order valence-electron chi connectivity index (χ3n) is 7.08. The van der Waals surface area contributed by atoms with Crippen LogP contribution in [0.2, 0.25) is 0 Å². The Bertz CT molecular complexity index is 1010. The molecule has 164 valence electrons. The summed E-state index contributed by atoms with van der Waals surface area (Å²) < 4.78 is 29.2. The predicted molar refractivity (Wildman–Crippen MR) is 119 cm³/mol. The molecule has 7 heteroatoms. The molecule has 1 aromatic carbocycles. The first-order valence-corrected chi connectivity index (χ1v) is 12.7. The highest BCUT2D eigenvalue weighted by Crippen LogP contribution is 2.29. The van der Waals surface area contributed by atoms with Gasteiger partial charge in [-0.15, -0.1) is 0 Å². The zero-order valence-corrected chi connectivity index (χ0v) is 18.8. The number of nitrogens with one attached hydrogen (secondary N) is 1. The first-order valence-electron chi connectivity index (χ1n) is 11.2. The maximum absolute atomic E-state index is 12.8. The molecule has 1 amide bonds. The van der Waals surface area contributed by atoms with Gasteiger partial charge in [0.05, 0.1) is 4.90 Å². The zero-order chi connectivity index (χ0) is 21.3. The Morgan fingerprint density at radius 3 is 2.63 bits per heavy atom. The van der Waals surface area contributed by atoms with Gasteiger partial charge in [-0.25, -0.2) is 8.42 Å². The summed E-state index contributed by atoms with van der Waals surface area (Å²) in [5, 5.41) is 4.13. The number of carbonyl (C=O) groups excluding carboxylic acids is 1. The molecule has 0 unspecified atom stereocenters. The van der Waals surface area contributed by atoms with E-state index in [1.165, 1.54) is 12.8 Å². The van der Waals surface area contributed by atoms with Crippen LogP contribution in [-0.2, 0) is 21.4 Å². The standard InChI is InChI=1S/C23H33N3O3S/c1-17-6-5-7-21(18(17)2)24-23(27)11-15-25-14-10-19-16-20(8-9-22(19)25)30(28,29)26-12-3-4-13-26/h8-10,14,16-18,21H,3-7,11-13,15H2,1-2H3,(H,24,27)/t17-,18-,21+/m1/s1. The highest BCUT2D eigenvalue weighted by atomic mass is 32.2. The first-order chi connectivity index (χ1) is 14.4. The van der Waals surface area contributed by atoms with E-state index in [9.17, 15) is 13.2 Å². The van der Waals surface area contributed by atoms with Crippen LogP contribution in [-0.4, -0.2) is 42.3 Å². The molecule has 4 rings (SSSR count). The van der Waals surface area contributed by atoms with E-state index in [1.807, 2.05) is 22.9 Å². The Morgan fingerprint density at radius 2 is 1.87 bits per heavy atom. The minimum absolute atomic E-state index is 0.0935. The number of carbonyl (C=O) groups is 1. The summed E-state index contributed by atoms with van der Waals surface area (Å²) in [6.45, 7) is 6.31. The van der Waals surface area contributed by atoms with Crippen molar-refractivity contribution in [2.75, 3.05) is 13.1 Å². The van der Waals surface area contributed by atoms with Crippen molar-refractivity contribution < 1.29 is 13.2 Å². The largest absolute Gasteiger partial charge is 0.353 e. The SMILES string of the molecule is C[C@@H]1[C@H](C)CCC[C@@H]1NC(=O)CCn1ccc2cc(S(=O)(=O)N3CCCC3)ccc21. The molecule has 0 radical (unpaired) electrons. The molecule has 2 aromatic rings. The molecule has 6 nitrogen and oxygen atoms in total. The van der Waals surface area contributed by atoms with Crippen LogP contribution in [0.25, 0.3) is 10.9 Å². The fourth-order valence-electron chi connectivity index (χ4n) is 4.90.